The Kier molecular flexibility index (Phi) is 3.89. The van der Waals surface area contributed by atoms with E-state index in [0.717, 1.165) is 0 Å². The van der Waals surface area contributed by atoms with Crippen LogP contribution in [0.15, 0.2) is 14.5 Å². The molecule has 8 nitrogen and oxygen atoms in total. The first-order valence-corrected chi connectivity index (χ1v) is 8.64. The van der Waals surface area contributed by atoms with E-state index in [0.29, 0.717) is 49.2 Å². The molecular weight excluding hydrogens is 341 g/mol. The highest BCUT2D eigenvalue weighted by Crippen LogP contribution is 2.33. The summed E-state index contributed by atoms with van der Waals surface area (Å²) in [4.78, 5) is 36.1. The van der Waals surface area contributed by atoms with Crippen molar-refractivity contribution in [3.05, 3.63) is 17.0 Å². The standard InChI is InChI=1S/C17H20FN5O3/c1-8-13(10(3)26-21-8)16(25)22-4-11-6-23(7-12(11)5-22)17-19-9(2)14(18)15(24)20-17/h11-12,14H,4-7H2,1-3H3. The number of hydrogen-bond acceptors (Lipinski definition) is 6. The van der Waals surface area contributed by atoms with Gasteiger partial charge in [-0.15, -0.1) is 0 Å². The number of carbonyl (C=O) groups is 2. The van der Waals surface area contributed by atoms with Crippen LogP contribution in [0.3, 0.4) is 0 Å². The van der Waals surface area contributed by atoms with Crippen LogP contribution in [0.1, 0.15) is 28.7 Å². The smallest absolute Gasteiger partial charge is 0.289 e. The zero-order valence-corrected chi connectivity index (χ0v) is 14.9. The molecule has 3 unspecified atom stereocenters. The van der Waals surface area contributed by atoms with E-state index < -0.39 is 12.1 Å². The van der Waals surface area contributed by atoms with E-state index in [1.165, 1.54) is 6.92 Å². The van der Waals surface area contributed by atoms with Gasteiger partial charge in [0.15, 0.2) is 0 Å². The Bertz CT molecular complexity index is 812. The molecule has 3 aliphatic heterocycles. The molecule has 2 amide bonds. The molecule has 0 saturated carbocycles. The molecule has 3 atom stereocenters. The number of aromatic nitrogens is 1. The number of rotatable bonds is 1. The minimum Gasteiger partial charge on any atom is -0.361 e. The Morgan fingerprint density at radius 2 is 1.77 bits per heavy atom. The first kappa shape index (κ1) is 16.9. The summed E-state index contributed by atoms with van der Waals surface area (Å²) in [6.07, 6.45) is -1.73. The number of hydrogen-bond donors (Lipinski definition) is 0. The maximum Gasteiger partial charge on any atom is 0.289 e. The monoisotopic (exact) mass is 361 g/mol. The van der Waals surface area contributed by atoms with E-state index >= 15 is 0 Å². The van der Waals surface area contributed by atoms with Crippen molar-refractivity contribution in [1.82, 2.24) is 15.0 Å². The van der Waals surface area contributed by atoms with E-state index in [9.17, 15) is 14.0 Å². The number of carbonyl (C=O) groups excluding carboxylic acids is 2. The second-order valence-corrected chi connectivity index (χ2v) is 7.20. The predicted octanol–water partition coefficient (Wildman–Crippen LogP) is 0.990. The number of fused-ring (bicyclic) bond motifs is 1. The Hall–Kier alpha value is -2.58. The van der Waals surface area contributed by atoms with Crippen LogP contribution in [-0.4, -0.2) is 70.8 Å². The van der Waals surface area contributed by atoms with Gasteiger partial charge in [-0.25, -0.2) is 9.38 Å². The lowest BCUT2D eigenvalue weighted by molar-refractivity contribution is -0.120. The van der Waals surface area contributed by atoms with Crippen molar-refractivity contribution in [3.63, 3.8) is 0 Å². The van der Waals surface area contributed by atoms with Gasteiger partial charge in [0.05, 0.1) is 11.4 Å². The van der Waals surface area contributed by atoms with Crippen LogP contribution in [0.2, 0.25) is 0 Å². The number of nitrogens with zero attached hydrogens (tertiary/aromatic N) is 5. The van der Waals surface area contributed by atoms with Crippen LogP contribution in [0.5, 0.6) is 0 Å². The van der Waals surface area contributed by atoms with E-state index in [1.54, 1.807) is 13.8 Å². The first-order valence-electron chi connectivity index (χ1n) is 8.64. The van der Waals surface area contributed by atoms with Gasteiger partial charge in [-0.05, 0) is 20.8 Å². The van der Waals surface area contributed by atoms with Crippen LogP contribution >= 0.6 is 0 Å². The molecule has 0 aliphatic carbocycles. The molecule has 2 fully saturated rings. The summed E-state index contributed by atoms with van der Waals surface area (Å²) in [5.41, 5.74) is 1.29. The molecule has 2 saturated heterocycles. The van der Waals surface area contributed by atoms with E-state index in [-0.39, 0.29) is 23.5 Å². The number of aryl methyl sites for hydroxylation is 2. The second-order valence-electron chi connectivity index (χ2n) is 7.20. The molecule has 1 aromatic rings. The van der Waals surface area contributed by atoms with Crippen molar-refractivity contribution < 1.29 is 18.5 Å². The highest BCUT2D eigenvalue weighted by atomic mass is 19.1. The van der Waals surface area contributed by atoms with Crippen LogP contribution in [0, 0.1) is 25.7 Å². The van der Waals surface area contributed by atoms with Crippen molar-refractivity contribution in [2.24, 2.45) is 21.8 Å². The van der Waals surface area contributed by atoms with E-state index in [4.69, 9.17) is 4.52 Å². The van der Waals surface area contributed by atoms with Gasteiger partial charge in [0, 0.05) is 38.0 Å². The maximum absolute atomic E-state index is 13.5. The van der Waals surface area contributed by atoms with E-state index in [1.807, 2.05) is 9.80 Å². The zero-order chi connectivity index (χ0) is 18.6. The molecule has 9 heteroatoms. The first-order chi connectivity index (χ1) is 12.3. The van der Waals surface area contributed by atoms with E-state index in [2.05, 4.69) is 15.1 Å². The fraction of sp³-hybridized carbons (Fsp3) is 0.588. The third kappa shape index (κ3) is 2.62. The lowest BCUT2D eigenvalue weighted by atomic mass is 10.0. The zero-order valence-electron chi connectivity index (χ0n) is 14.9. The van der Waals surface area contributed by atoms with Gasteiger partial charge in [-0.1, -0.05) is 5.16 Å². The molecule has 1 aromatic heterocycles. The van der Waals surface area contributed by atoms with Crippen LogP contribution < -0.4 is 0 Å². The Morgan fingerprint density at radius 1 is 1.12 bits per heavy atom. The topological polar surface area (TPSA) is 91.4 Å². The summed E-state index contributed by atoms with van der Waals surface area (Å²) in [6.45, 7) is 7.55. The summed E-state index contributed by atoms with van der Waals surface area (Å²) in [7, 11) is 0. The van der Waals surface area contributed by atoms with Gasteiger partial charge in [0.2, 0.25) is 12.1 Å². The number of guanidine groups is 1. The molecule has 3 aliphatic rings. The van der Waals surface area contributed by atoms with Crippen LogP contribution in [-0.2, 0) is 4.79 Å². The molecule has 0 N–H and O–H groups in total. The summed E-state index contributed by atoms with van der Waals surface area (Å²) in [6, 6.07) is 0. The molecule has 0 aromatic carbocycles. The number of amides is 2. The van der Waals surface area contributed by atoms with Crippen LogP contribution in [0.25, 0.3) is 0 Å². The van der Waals surface area contributed by atoms with Crippen LogP contribution in [0.4, 0.5) is 4.39 Å². The number of alkyl halides is 1. The molecule has 4 heterocycles. The molecule has 26 heavy (non-hydrogen) atoms. The van der Waals surface area contributed by atoms with Crippen molar-refractivity contribution in [2.45, 2.75) is 26.9 Å². The lowest BCUT2D eigenvalue weighted by Gasteiger charge is -2.24. The van der Waals surface area contributed by atoms with Gasteiger partial charge in [-0.2, -0.15) is 4.99 Å². The van der Waals surface area contributed by atoms with Crippen molar-refractivity contribution >= 4 is 23.5 Å². The Labute approximate surface area is 149 Å². The number of halogens is 1. The summed E-state index contributed by atoms with van der Waals surface area (Å²) >= 11 is 0. The summed E-state index contributed by atoms with van der Waals surface area (Å²) in [5, 5.41) is 3.85. The van der Waals surface area contributed by atoms with Gasteiger partial charge < -0.3 is 14.3 Å². The average Bonchev–Trinajstić information content (AvgIpc) is 3.25. The second kappa shape index (κ2) is 6.00. The van der Waals surface area contributed by atoms with Gasteiger partial charge in [-0.3, -0.25) is 9.59 Å². The molecule has 138 valence electrons. The Morgan fingerprint density at radius 3 is 2.31 bits per heavy atom. The fourth-order valence-electron chi connectivity index (χ4n) is 3.98. The molecule has 0 spiro atoms. The summed E-state index contributed by atoms with van der Waals surface area (Å²) < 4.78 is 18.6. The largest absolute Gasteiger partial charge is 0.361 e. The fourth-order valence-corrected chi connectivity index (χ4v) is 3.98. The minimum absolute atomic E-state index is 0.0541. The van der Waals surface area contributed by atoms with Gasteiger partial charge in [0.25, 0.3) is 11.8 Å². The predicted molar refractivity (Wildman–Crippen MR) is 90.9 cm³/mol. The van der Waals surface area contributed by atoms with Gasteiger partial charge >= 0.3 is 0 Å². The molecular formula is C17H20FN5O3. The molecule has 0 bridgehead atoms. The maximum atomic E-state index is 13.5. The van der Waals surface area contributed by atoms with Crippen molar-refractivity contribution in [1.29, 1.82) is 0 Å². The highest BCUT2D eigenvalue weighted by Gasteiger charge is 2.44. The van der Waals surface area contributed by atoms with Crippen molar-refractivity contribution in [2.75, 3.05) is 26.2 Å². The highest BCUT2D eigenvalue weighted by molar-refractivity contribution is 6.16. The van der Waals surface area contributed by atoms with Crippen molar-refractivity contribution in [3.8, 4) is 0 Å². The molecule has 0 radical (unpaired) electrons. The SMILES string of the molecule is CC1=NC(N2CC3CN(C(=O)c4c(C)noc4C)CC3C2)=NC(=O)C1F. The quantitative estimate of drug-likeness (QED) is 0.744. The Balaban J connectivity index is 1.44. The third-order valence-electron chi connectivity index (χ3n) is 5.37. The summed E-state index contributed by atoms with van der Waals surface area (Å²) in [5.74, 6) is 0.527. The molecule has 4 rings (SSSR count). The number of likely N-dealkylation sites (tertiary alicyclic amines) is 2. The van der Waals surface area contributed by atoms with Gasteiger partial charge in [0.1, 0.15) is 11.3 Å². The third-order valence-corrected chi connectivity index (χ3v) is 5.37. The minimum atomic E-state index is -1.73. The lowest BCUT2D eigenvalue weighted by Crippen LogP contribution is -2.39. The normalized spacial score (nSPS) is 28.3. The average molecular weight is 361 g/mol. The number of aliphatic imine (C=N–C) groups is 2.